The van der Waals surface area contributed by atoms with Crippen molar-refractivity contribution in [3.05, 3.63) is 0 Å². The summed E-state index contributed by atoms with van der Waals surface area (Å²) >= 11 is 0. The van der Waals surface area contributed by atoms with E-state index in [4.69, 9.17) is 0 Å². The Balaban J connectivity index is 0. The van der Waals surface area contributed by atoms with Crippen molar-refractivity contribution in [2.24, 2.45) is 0 Å². The van der Waals surface area contributed by atoms with E-state index in [1.54, 1.807) is 0 Å². The van der Waals surface area contributed by atoms with Gasteiger partial charge in [0.15, 0.2) is 10.1 Å². The minimum Gasteiger partial charge on any atom is -0.743 e. The number of hydrogen-bond acceptors (Lipinski definition) is 3. The summed E-state index contributed by atoms with van der Waals surface area (Å²) in [6, 6.07) is 0. The summed E-state index contributed by atoms with van der Waals surface area (Å²) in [7, 11) is -7.77. The molecule has 0 saturated carbocycles. The Labute approximate surface area is 174 Å². The third-order valence-electron chi connectivity index (χ3n) is 2.77. The van der Waals surface area contributed by atoms with Crippen LogP contribution in [-0.4, -0.2) is 47.8 Å². The van der Waals surface area contributed by atoms with Crippen LogP contribution in [0.4, 0.5) is 52.7 Å². The normalized spacial score (nSPS) is 15.8. The fourth-order valence-electron chi connectivity index (χ4n) is 1.19. The summed E-state index contributed by atoms with van der Waals surface area (Å²) in [5, 5.41) is -7.51. The zero-order valence-electron chi connectivity index (χ0n) is 11.9. The average Bonchev–Trinajstić information content (AvgIpc) is 2.36. The maximum Gasteiger partial charge on any atom is 1.00 e. The van der Waals surface area contributed by atoms with Crippen LogP contribution in [0.1, 0.15) is 13.3 Å². The third kappa shape index (κ3) is 3.83. The molecule has 17 heteroatoms. The number of halogens is 12. The Kier molecular flexibility index (Phi) is 8.12. The minimum atomic E-state index is -8.05. The first-order valence-corrected chi connectivity index (χ1v) is 6.69. The molecule has 146 valence electrons. The van der Waals surface area contributed by atoms with Crippen molar-refractivity contribution < 1.29 is 117 Å². The van der Waals surface area contributed by atoms with E-state index in [-0.39, 0.29) is 58.3 Å². The smallest absolute Gasteiger partial charge is 0.743 e. The molecule has 0 aromatic rings. The van der Waals surface area contributed by atoms with Gasteiger partial charge in [-0.1, -0.05) is 6.92 Å². The van der Waals surface area contributed by atoms with Gasteiger partial charge in [-0.25, -0.2) is 8.42 Å². The predicted molar refractivity (Wildman–Crippen MR) is 49.7 cm³/mol. The second-order valence-corrected chi connectivity index (χ2v) is 5.75. The van der Waals surface area contributed by atoms with Gasteiger partial charge in [-0.15, -0.1) is 0 Å². The molecule has 0 saturated heterocycles. The van der Waals surface area contributed by atoms with E-state index in [1.807, 2.05) is 0 Å². The number of hydrogen-bond donors (Lipinski definition) is 0. The average molecular weight is 448 g/mol. The van der Waals surface area contributed by atoms with Crippen LogP contribution >= 0.6 is 0 Å². The Morgan fingerprint density at radius 2 is 0.960 bits per heavy atom. The number of alkyl halides is 12. The zero-order valence-corrected chi connectivity index (χ0v) is 15.8. The van der Waals surface area contributed by atoms with Gasteiger partial charge in [-0.05, 0) is 0 Å². The summed E-state index contributed by atoms with van der Waals surface area (Å²) in [4.78, 5) is 0. The van der Waals surface area contributed by atoms with E-state index < -0.39 is 51.4 Å². The SMILES string of the molecule is CCC(F)(F)C(F)(F)C(F)(F)C(F)(F)C(F)(F)C(F)(F)S(=O)(=O)[O-].[K+]. The van der Waals surface area contributed by atoms with Crippen molar-refractivity contribution in [2.75, 3.05) is 0 Å². The fourth-order valence-corrected chi connectivity index (χ4v) is 1.63. The van der Waals surface area contributed by atoms with Crippen LogP contribution < -0.4 is 51.4 Å². The zero-order chi connectivity index (χ0) is 20.2. The molecule has 0 atom stereocenters. The van der Waals surface area contributed by atoms with Gasteiger partial charge in [-0.3, -0.25) is 0 Å². The molecule has 0 bridgehead atoms. The molecule has 0 amide bonds. The summed E-state index contributed by atoms with van der Waals surface area (Å²) < 4.78 is 184. The van der Waals surface area contributed by atoms with Crippen LogP contribution in [0, 0.1) is 0 Å². The Morgan fingerprint density at radius 1 is 0.680 bits per heavy atom. The maximum atomic E-state index is 13.0. The molecule has 0 fully saturated rings. The van der Waals surface area contributed by atoms with Gasteiger partial charge in [0.25, 0.3) is 0 Å². The minimum absolute atomic E-state index is 0. The van der Waals surface area contributed by atoms with E-state index in [0.717, 1.165) is 0 Å². The van der Waals surface area contributed by atoms with Crippen LogP contribution in [0.2, 0.25) is 0 Å². The number of rotatable bonds is 7. The van der Waals surface area contributed by atoms with E-state index in [1.165, 1.54) is 0 Å². The van der Waals surface area contributed by atoms with Crippen LogP contribution in [0.3, 0.4) is 0 Å². The van der Waals surface area contributed by atoms with Crippen LogP contribution in [-0.2, 0) is 10.1 Å². The molecule has 3 nitrogen and oxygen atoms in total. The standard InChI is InChI=1S/C8H6F12O3S.K/c1-2-3(9,10)4(11,12)5(13,14)6(15,16)7(17,18)8(19,20)24(21,22)23;/h2H2,1H3,(H,21,22,23);/q;+1/p-1. The maximum absolute atomic E-state index is 13.0. The molecular formula is C8H5F12KO3S. The van der Waals surface area contributed by atoms with Gasteiger partial charge >= 0.3 is 86.3 Å². The van der Waals surface area contributed by atoms with Gasteiger partial charge in [0.2, 0.25) is 0 Å². The molecule has 0 aromatic carbocycles. The molecule has 0 aliphatic carbocycles. The van der Waals surface area contributed by atoms with E-state index in [9.17, 15) is 65.7 Å². The molecule has 0 rings (SSSR count). The van der Waals surface area contributed by atoms with E-state index in [0.29, 0.717) is 0 Å². The van der Waals surface area contributed by atoms with Crippen molar-refractivity contribution in [2.45, 2.75) is 48.2 Å². The molecular weight excluding hydrogens is 443 g/mol. The van der Waals surface area contributed by atoms with Crippen LogP contribution in [0.15, 0.2) is 0 Å². The first-order chi connectivity index (χ1) is 10.1. The van der Waals surface area contributed by atoms with Crippen molar-refractivity contribution >= 4 is 10.1 Å². The van der Waals surface area contributed by atoms with E-state index >= 15 is 0 Å². The summed E-state index contributed by atoms with van der Waals surface area (Å²) in [5.41, 5.74) is 0. The summed E-state index contributed by atoms with van der Waals surface area (Å²) in [6.45, 7) is 0.0526. The largest absolute Gasteiger partial charge is 1.00 e. The molecule has 0 aliphatic rings. The van der Waals surface area contributed by atoms with Crippen LogP contribution in [0.5, 0.6) is 0 Å². The third-order valence-corrected chi connectivity index (χ3v) is 3.65. The van der Waals surface area contributed by atoms with Crippen molar-refractivity contribution in [1.82, 2.24) is 0 Å². The first-order valence-electron chi connectivity index (χ1n) is 5.28. The Bertz CT molecular complexity index is 587. The quantitative estimate of drug-likeness (QED) is 0.328. The van der Waals surface area contributed by atoms with Crippen LogP contribution in [0.25, 0.3) is 0 Å². The first kappa shape index (κ1) is 27.9. The van der Waals surface area contributed by atoms with Crippen molar-refractivity contribution in [3.63, 3.8) is 0 Å². The van der Waals surface area contributed by atoms with Gasteiger partial charge < -0.3 is 4.55 Å². The molecule has 0 aliphatic heterocycles. The molecule has 0 aromatic heterocycles. The molecule has 0 unspecified atom stereocenters. The van der Waals surface area contributed by atoms with Gasteiger partial charge in [0.05, 0.1) is 0 Å². The predicted octanol–water partition coefficient (Wildman–Crippen LogP) is 0.715. The molecule has 0 heterocycles. The molecule has 0 radical (unpaired) electrons. The molecule has 0 spiro atoms. The topological polar surface area (TPSA) is 57.2 Å². The van der Waals surface area contributed by atoms with E-state index in [2.05, 4.69) is 0 Å². The van der Waals surface area contributed by atoms with Crippen molar-refractivity contribution in [3.8, 4) is 0 Å². The summed E-state index contributed by atoms with van der Waals surface area (Å²) in [6.07, 6.45) is -2.30. The molecule has 25 heavy (non-hydrogen) atoms. The Hall–Kier alpha value is 0.706. The second kappa shape index (κ2) is 7.27. The van der Waals surface area contributed by atoms with Gasteiger partial charge in [0, 0.05) is 6.42 Å². The van der Waals surface area contributed by atoms with Gasteiger partial charge in [-0.2, -0.15) is 52.7 Å². The van der Waals surface area contributed by atoms with Crippen molar-refractivity contribution in [1.29, 1.82) is 0 Å². The summed E-state index contributed by atoms with van der Waals surface area (Å²) in [5.74, 6) is -37.2. The second-order valence-electron chi connectivity index (χ2n) is 4.33. The fraction of sp³-hybridized carbons (Fsp3) is 1.00. The monoisotopic (exact) mass is 448 g/mol. The molecule has 0 N–H and O–H groups in total. The van der Waals surface area contributed by atoms with Gasteiger partial charge in [0.1, 0.15) is 0 Å². The Morgan fingerprint density at radius 3 is 1.20 bits per heavy atom.